The summed E-state index contributed by atoms with van der Waals surface area (Å²) in [5.74, 6) is -1.79. The van der Waals surface area contributed by atoms with Crippen LogP contribution in [-0.2, 0) is 9.59 Å². The molecule has 0 radical (unpaired) electrons. The van der Waals surface area contributed by atoms with Crippen molar-refractivity contribution in [2.75, 3.05) is 0 Å². The Morgan fingerprint density at radius 3 is 2.30 bits per heavy atom. The highest BCUT2D eigenvalue weighted by molar-refractivity contribution is 8.26. The van der Waals surface area contributed by atoms with Crippen molar-refractivity contribution in [2.24, 2.45) is 0 Å². The molecule has 1 saturated heterocycles. The number of allylic oxidation sites excluding steroid dienone is 2. The molecular weight excluding hydrogens is 378 g/mol. The third-order valence-electron chi connectivity index (χ3n) is 3.97. The quantitative estimate of drug-likeness (QED) is 0.575. The van der Waals surface area contributed by atoms with Crippen LogP contribution in [-0.4, -0.2) is 21.1 Å². The van der Waals surface area contributed by atoms with Gasteiger partial charge >= 0.3 is 0 Å². The molecule has 136 valence electrons. The first kappa shape index (κ1) is 19.1. The van der Waals surface area contributed by atoms with E-state index >= 15 is 0 Å². The summed E-state index contributed by atoms with van der Waals surface area (Å²) in [5, 5.41) is 11.7. The van der Waals surface area contributed by atoms with E-state index in [0.717, 1.165) is 27.8 Å². The van der Waals surface area contributed by atoms with Gasteiger partial charge in [0.15, 0.2) is 0 Å². The van der Waals surface area contributed by atoms with Crippen molar-refractivity contribution in [3.05, 3.63) is 88.3 Å². The zero-order valence-electron chi connectivity index (χ0n) is 14.5. The minimum Gasteiger partial charge on any atom is -0.547 e. The summed E-state index contributed by atoms with van der Waals surface area (Å²) in [6.45, 7) is 1.88. The predicted molar refractivity (Wildman–Crippen MR) is 109 cm³/mol. The lowest BCUT2D eigenvalue weighted by Crippen LogP contribution is -2.43. The molecule has 0 aliphatic carbocycles. The van der Waals surface area contributed by atoms with Crippen LogP contribution in [0.4, 0.5) is 0 Å². The second kappa shape index (κ2) is 8.33. The fraction of sp³-hybridized carbons (Fsp3) is 0.0952. The van der Waals surface area contributed by atoms with Gasteiger partial charge in [0.25, 0.3) is 5.91 Å². The minimum atomic E-state index is -1.37. The number of benzene rings is 2. The number of thioether (sulfide) groups is 1. The summed E-state index contributed by atoms with van der Waals surface area (Å²) in [6, 6.07) is 17.0. The first-order valence-electron chi connectivity index (χ1n) is 8.23. The molecule has 0 N–H and O–H groups in total. The van der Waals surface area contributed by atoms with E-state index in [4.69, 9.17) is 12.2 Å². The smallest absolute Gasteiger partial charge is 0.267 e. The molecule has 1 aliphatic rings. The van der Waals surface area contributed by atoms with Gasteiger partial charge in [-0.2, -0.15) is 0 Å². The molecule has 0 saturated carbocycles. The maximum atomic E-state index is 12.9. The SMILES string of the molecule is CC(=C/c1ccccc1)/C=C1\SC(=S)N([C@@H](C(=O)[O-])c2ccccc2)C1=O. The molecule has 2 aromatic rings. The van der Waals surface area contributed by atoms with Crippen molar-refractivity contribution in [3.8, 4) is 0 Å². The summed E-state index contributed by atoms with van der Waals surface area (Å²) in [7, 11) is 0. The molecule has 1 amide bonds. The van der Waals surface area contributed by atoms with Gasteiger partial charge in [0.2, 0.25) is 0 Å². The Balaban J connectivity index is 1.90. The van der Waals surface area contributed by atoms with Crippen molar-refractivity contribution in [2.45, 2.75) is 13.0 Å². The highest BCUT2D eigenvalue weighted by Gasteiger charge is 2.38. The van der Waals surface area contributed by atoms with E-state index < -0.39 is 17.9 Å². The number of rotatable bonds is 5. The fourth-order valence-corrected chi connectivity index (χ4v) is 4.15. The van der Waals surface area contributed by atoms with Gasteiger partial charge in [-0.15, -0.1) is 0 Å². The van der Waals surface area contributed by atoms with Crippen LogP contribution < -0.4 is 5.11 Å². The molecule has 0 unspecified atom stereocenters. The number of hydrogen-bond acceptors (Lipinski definition) is 5. The van der Waals surface area contributed by atoms with Crippen LogP contribution in [0.5, 0.6) is 0 Å². The molecule has 2 aromatic carbocycles. The summed E-state index contributed by atoms with van der Waals surface area (Å²) in [5.41, 5.74) is 2.33. The van der Waals surface area contributed by atoms with Gasteiger partial charge < -0.3 is 9.90 Å². The molecule has 1 atom stereocenters. The highest BCUT2D eigenvalue weighted by atomic mass is 32.2. The average Bonchev–Trinajstić information content (AvgIpc) is 2.91. The molecule has 0 aromatic heterocycles. The Morgan fingerprint density at radius 2 is 1.70 bits per heavy atom. The van der Waals surface area contributed by atoms with Crippen LogP contribution in [0, 0.1) is 0 Å². The first-order chi connectivity index (χ1) is 13.0. The monoisotopic (exact) mass is 394 g/mol. The number of thiocarbonyl (C=S) groups is 1. The summed E-state index contributed by atoms with van der Waals surface area (Å²) < 4.78 is 0.205. The number of aliphatic carboxylic acids is 1. The number of hydrogen-bond donors (Lipinski definition) is 0. The van der Waals surface area contributed by atoms with E-state index in [-0.39, 0.29) is 4.32 Å². The lowest BCUT2D eigenvalue weighted by atomic mass is 10.1. The first-order valence-corrected chi connectivity index (χ1v) is 9.46. The van der Waals surface area contributed by atoms with Crippen LogP contribution in [0.1, 0.15) is 24.1 Å². The number of carbonyl (C=O) groups is 2. The van der Waals surface area contributed by atoms with Crippen LogP contribution >= 0.6 is 24.0 Å². The van der Waals surface area contributed by atoms with Gasteiger partial charge in [-0.3, -0.25) is 9.69 Å². The normalized spacial score (nSPS) is 17.4. The molecule has 4 nitrogen and oxygen atoms in total. The Bertz CT molecular complexity index is 936. The predicted octanol–water partition coefficient (Wildman–Crippen LogP) is 3.33. The lowest BCUT2D eigenvalue weighted by molar-refractivity contribution is -0.310. The number of carboxylic acid groups (broad SMARTS) is 1. The molecule has 1 fully saturated rings. The largest absolute Gasteiger partial charge is 0.547 e. The Morgan fingerprint density at radius 1 is 1.11 bits per heavy atom. The third-order valence-corrected chi connectivity index (χ3v) is 5.30. The van der Waals surface area contributed by atoms with Gasteiger partial charge in [-0.05, 0) is 29.7 Å². The minimum absolute atomic E-state index is 0.205. The molecule has 6 heteroatoms. The topological polar surface area (TPSA) is 60.4 Å². The lowest BCUT2D eigenvalue weighted by Gasteiger charge is -2.27. The molecule has 3 rings (SSSR count). The van der Waals surface area contributed by atoms with Crippen molar-refractivity contribution < 1.29 is 14.7 Å². The van der Waals surface area contributed by atoms with Crippen molar-refractivity contribution in [1.82, 2.24) is 4.90 Å². The van der Waals surface area contributed by atoms with E-state index in [0.29, 0.717) is 10.5 Å². The molecule has 0 spiro atoms. The zero-order chi connectivity index (χ0) is 19.4. The number of carboxylic acids is 1. The molecular formula is C21H16NO3S2-. The Hall–Kier alpha value is -2.70. The van der Waals surface area contributed by atoms with Gasteiger partial charge in [0.1, 0.15) is 10.4 Å². The molecule has 0 bridgehead atoms. The number of nitrogens with zero attached hydrogens (tertiary/aromatic N) is 1. The molecule has 1 heterocycles. The van der Waals surface area contributed by atoms with Crippen molar-refractivity contribution in [3.63, 3.8) is 0 Å². The fourth-order valence-electron chi connectivity index (χ4n) is 2.79. The summed E-state index contributed by atoms with van der Waals surface area (Å²) >= 11 is 6.39. The van der Waals surface area contributed by atoms with Crippen molar-refractivity contribution >= 4 is 46.3 Å². The summed E-state index contributed by atoms with van der Waals surface area (Å²) in [6.07, 6.45) is 3.67. The van der Waals surface area contributed by atoms with Crippen LogP contribution in [0.3, 0.4) is 0 Å². The average molecular weight is 394 g/mol. The highest BCUT2D eigenvalue weighted by Crippen LogP contribution is 2.37. The maximum absolute atomic E-state index is 12.9. The molecule has 27 heavy (non-hydrogen) atoms. The second-order valence-corrected chi connectivity index (χ2v) is 7.66. The maximum Gasteiger partial charge on any atom is 0.267 e. The second-order valence-electron chi connectivity index (χ2n) is 5.98. The Labute approximate surface area is 167 Å². The molecule has 1 aliphatic heterocycles. The van der Waals surface area contributed by atoms with Crippen molar-refractivity contribution in [1.29, 1.82) is 0 Å². The van der Waals surface area contributed by atoms with Gasteiger partial charge in [-0.1, -0.05) is 90.7 Å². The van der Waals surface area contributed by atoms with Crippen LogP contribution in [0.25, 0.3) is 6.08 Å². The van der Waals surface area contributed by atoms with Gasteiger partial charge in [0, 0.05) is 0 Å². The number of amides is 1. The zero-order valence-corrected chi connectivity index (χ0v) is 16.1. The number of carbonyl (C=O) groups excluding carboxylic acids is 2. The third kappa shape index (κ3) is 4.35. The van der Waals surface area contributed by atoms with E-state index in [1.807, 2.05) is 43.3 Å². The standard InChI is InChI=1S/C21H17NO3S2/c1-14(12-15-8-4-2-5-9-15)13-17-19(23)22(21(26)27-17)18(20(24)25)16-10-6-3-7-11-16/h2-13,18H,1H3,(H,24,25)/p-1/b14-12-,17-13-/t18-/m1/s1. The van der Waals surface area contributed by atoms with Gasteiger partial charge in [-0.25, -0.2) is 0 Å². The van der Waals surface area contributed by atoms with Crippen LogP contribution in [0.2, 0.25) is 0 Å². The van der Waals surface area contributed by atoms with E-state index in [1.54, 1.807) is 36.4 Å². The Kier molecular flexibility index (Phi) is 5.88. The summed E-state index contributed by atoms with van der Waals surface area (Å²) in [4.78, 5) is 26.1. The van der Waals surface area contributed by atoms with E-state index in [1.165, 1.54) is 0 Å². The van der Waals surface area contributed by atoms with E-state index in [2.05, 4.69) is 0 Å². The van der Waals surface area contributed by atoms with Crippen LogP contribution in [0.15, 0.2) is 77.2 Å². The van der Waals surface area contributed by atoms with Gasteiger partial charge in [0.05, 0.1) is 10.9 Å². The van der Waals surface area contributed by atoms with E-state index in [9.17, 15) is 14.7 Å².